The number of ether oxygens (including phenoxy) is 2. The van der Waals surface area contributed by atoms with Crippen molar-refractivity contribution >= 4 is 0 Å². The van der Waals surface area contributed by atoms with Gasteiger partial charge in [0.15, 0.2) is 6.29 Å². The Labute approximate surface area is 214 Å². The minimum atomic E-state index is -2.70. The number of alkyl halides is 2. The van der Waals surface area contributed by atoms with Crippen LogP contribution >= 0.6 is 0 Å². The number of fused-ring (bicyclic) bond motifs is 5. The lowest BCUT2D eigenvalue weighted by atomic mass is 9.47. The third-order valence-electron chi connectivity index (χ3n) is 11.4. The smallest absolute Gasteiger partial charge is 0.252 e. The van der Waals surface area contributed by atoms with Crippen LogP contribution in [0.3, 0.4) is 0 Å². The molecule has 0 aromatic carbocycles. The summed E-state index contributed by atoms with van der Waals surface area (Å²) in [6.45, 7) is 13.2. The Morgan fingerprint density at radius 3 is 2.54 bits per heavy atom. The van der Waals surface area contributed by atoms with Gasteiger partial charge in [0, 0.05) is 18.9 Å². The molecular weight excluding hydrogens is 442 g/mol. The monoisotopic (exact) mass is 494 g/mol. The predicted molar refractivity (Wildman–Crippen MR) is 139 cm³/mol. The molecule has 4 aliphatic carbocycles. The molecule has 4 rings (SSSR count). The van der Waals surface area contributed by atoms with Crippen LogP contribution in [-0.4, -0.2) is 25.4 Å². The van der Waals surface area contributed by atoms with E-state index in [2.05, 4.69) is 26.8 Å². The van der Waals surface area contributed by atoms with Gasteiger partial charge in [-0.3, -0.25) is 0 Å². The number of halogens is 2. The van der Waals surface area contributed by atoms with Crippen molar-refractivity contribution < 1.29 is 18.3 Å². The Kier molecular flexibility index (Phi) is 8.43. The highest BCUT2D eigenvalue weighted by Crippen LogP contribution is 2.67. The maximum atomic E-state index is 15.0. The second kappa shape index (κ2) is 10.7. The van der Waals surface area contributed by atoms with Crippen molar-refractivity contribution in [3.05, 3.63) is 11.6 Å². The van der Waals surface area contributed by atoms with E-state index >= 15 is 8.78 Å². The second-order valence-corrected chi connectivity index (χ2v) is 13.2. The third-order valence-corrected chi connectivity index (χ3v) is 11.4. The normalized spacial score (nSPS) is 39.7. The molecule has 0 bridgehead atoms. The van der Waals surface area contributed by atoms with Crippen LogP contribution in [0.5, 0.6) is 0 Å². The van der Waals surface area contributed by atoms with Crippen LogP contribution in [0.15, 0.2) is 11.6 Å². The largest absolute Gasteiger partial charge is 0.353 e. The molecule has 3 saturated carbocycles. The number of hydrogen-bond acceptors (Lipinski definition) is 2. The van der Waals surface area contributed by atoms with Gasteiger partial charge in [0.1, 0.15) is 0 Å². The summed E-state index contributed by atoms with van der Waals surface area (Å²) in [5.41, 5.74) is 2.53. The van der Waals surface area contributed by atoms with Gasteiger partial charge in [-0.15, -0.1) is 0 Å². The zero-order valence-electron chi connectivity index (χ0n) is 23.4. The molecule has 0 N–H and O–H groups in total. The van der Waals surface area contributed by atoms with Crippen molar-refractivity contribution in [2.45, 2.75) is 124 Å². The summed E-state index contributed by atoms with van der Waals surface area (Å²) in [7, 11) is 0. The zero-order valence-corrected chi connectivity index (χ0v) is 23.4. The predicted octanol–water partition coefficient (Wildman–Crippen LogP) is 9.04. The van der Waals surface area contributed by atoms with E-state index in [1.54, 1.807) is 19.4 Å². The molecule has 35 heavy (non-hydrogen) atoms. The Balaban J connectivity index is 1.36. The van der Waals surface area contributed by atoms with Crippen molar-refractivity contribution in [1.82, 2.24) is 0 Å². The first-order valence-electron chi connectivity index (χ1n) is 14.8. The number of rotatable bonds is 10. The first-order chi connectivity index (χ1) is 16.5. The summed E-state index contributed by atoms with van der Waals surface area (Å²) in [6.07, 6.45) is 14.7. The average Bonchev–Trinajstić information content (AvgIpc) is 3.18. The van der Waals surface area contributed by atoms with E-state index in [-0.39, 0.29) is 13.0 Å². The fourth-order valence-corrected chi connectivity index (χ4v) is 9.23. The first-order valence-corrected chi connectivity index (χ1v) is 14.8. The van der Waals surface area contributed by atoms with Gasteiger partial charge in [0.2, 0.25) is 0 Å². The van der Waals surface area contributed by atoms with Gasteiger partial charge < -0.3 is 9.47 Å². The average molecular weight is 495 g/mol. The molecular formula is C31H52F2O2. The highest BCUT2D eigenvalue weighted by atomic mass is 19.3. The van der Waals surface area contributed by atoms with Crippen LogP contribution in [0, 0.1) is 46.3 Å². The van der Waals surface area contributed by atoms with Crippen LogP contribution in [0.25, 0.3) is 0 Å². The summed E-state index contributed by atoms with van der Waals surface area (Å²) >= 11 is 0. The topological polar surface area (TPSA) is 18.5 Å². The molecule has 0 heterocycles. The Morgan fingerprint density at radius 2 is 1.80 bits per heavy atom. The zero-order chi connectivity index (χ0) is 25.4. The van der Waals surface area contributed by atoms with Crippen LogP contribution in [-0.2, 0) is 9.47 Å². The summed E-state index contributed by atoms with van der Waals surface area (Å²) in [5.74, 6) is -0.127. The van der Waals surface area contributed by atoms with E-state index in [9.17, 15) is 0 Å². The summed E-state index contributed by atoms with van der Waals surface area (Å²) < 4.78 is 40.9. The van der Waals surface area contributed by atoms with Gasteiger partial charge >= 0.3 is 0 Å². The molecule has 0 amide bonds. The summed E-state index contributed by atoms with van der Waals surface area (Å²) in [6, 6.07) is 0. The quantitative estimate of drug-likeness (QED) is 0.223. The van der Waals surface area contributed by atoms with Crippen LogP contribution in [0.2, 0.25) is 0 Å². The first kappa shape index (κ1) is 27.6. The molecule has 0 spiro atoms. The number of allylic oxidation sites excluding steroid dienone is 2. The second-order valence-electron chi connectivity index (χ2n) is 13.2. The van der Waals surface area contributed by atoms with Crippen LogP contribution in [0.4, 0.5) is 8.78 Å². The van der Waals surface area contributed by atoms with E-state index in [1.807, 2.05) is 6.92 Å². The third kappa shape index (κ3) is 5.27. The van der Waals surface area contributed by atoms with Crippen molar-refractivity contribution in [3.8, 4) is 0 Å². The summed E-state index contributed by atoms with van der Waals surface area (Å²) in [5, 5.41) is 0. The van der Waals surface area contributed by atoms with Crippen LogP contribution in [0.1, 0.15) is 112 Å². The fraction of sp³-hybridized carbons (Fsp3) is 0.935. The lowest BCUT2D eigenvalue weighted by Gasteiger charge is -2.58. The molecule has 4 heteroatoms. The van der Waals surface area contributed by atoms with Crippen molar-refractivity contribution in [1.29, 1.82) is 0 Å². The maximum absolute atomic E-state index is 15.0. The number of hydrogen-bond donors (Lipinski definition) is 0. The molecule has 3 fully saturated rings. The standard InChI is InChI=1S/C31H52F2O2/c1-7-34-23(4)35-20-22(3)31(32,33)19-15-21(2)26-13-14-27-25-12-11-24-10-8-9-17-29(24,5)28(25)16-18-30(26,27)6/h11,21-23,25-28H,7-10,12-20H2,1-6H3/t21-,22?,23?,25+,26-,27+,28+,29+,30-/m1/s1. The lowest BCUT2D eigenvalue weighted by Crippen LogP contribution is -2.50. The van der Waals surface area contributed by atoms with Gasteiger partial charge in [-0.05, 0) is 112 Å². The van der Waals surface area contributed by atoms with Crippen LogP contribution < -0.4 is 0 Å². The maximum Gasteiger partial charge on any atom is 0.252 e. The summed E-state index contributed by atoms with van der Waals surface area (Å²) in [4.78, 5) is 0. The van der Waals surface area contributed by atoms with Gasteiger partial charge in [-0.1, -0.05) is 45.8 Å². The highest BCUT2D eigenvalue weighted by molar-refractivity contribution is 5.24. The SMILES string of the molecule is CCOC(C)OCC(C)C(F)(F)CC[C@@H](C)[C@H]1CC[C@H]2[C@@H]3CC=C4CCCC[C@]4(C)[C@H]3CC[C@]12C. The van der Waals surface area contributed by atoms with Gasteiger partial charge in [-0.2, -0.15) is 0 Å². The Bertz CT molecular complexity index is 750. The Morgan fingerprint density at radius 1 is 1.03 bits per heavy atom. The van der Waals surface area contributed by atoms with Crippen molar-refractivity contribution in [3.63, 3.8) is 0 Å². The van der Waals surface area contributed by atoms with E-state index in [0.29, 0.717) is 35.7 Å². The molecule has 0 radical (unpaired) electrons. The molecule has 0 aromatic rings. The molecule has 202 valence electrons. The molecule has 0 saturated heterocycles. The van der Waals surface area contributed by atoms with Gasteiger partial charge in [0.05, 0.1) is 6.61 Å². The molecule has 0 aliphatic heterocycles. The fourth-order valence-electron chi connectivity index (χ4n) is 9.23. The van der Waals surface area contributed by atoms with Gasteiger partial charge in [0.25, 0.3) is 5.92 Å². The Hall–Kier alpha value is -0.480. The van der Waals surface area contributed by atoms with Crippen molar-refractivity contribution in [2.24, 2.45) is 46.3 Å². The molecule has 0 aromatic heterocycles. The van der Waals surface area contributed by atoms with E-state index < -0.39 is 18.1 Å². The van der Waals surface area contributed by atoms with E-state index in [4.69, 9.17) is 9.47 Å². The lowest BCUT2D eigenvalue weighted by molar-refractivity contribution is -0.162. The van der Waals surface area contributed by atoms with E-state index in [0.717, 1.165) is 17.8 Å². The minimum absolute atomic E-state index is 0.0326. The molecule has 2 unspecified atom stereocenters. The highest BCUT2D eigenvalue weighted by Gasteiger charge is 2.58. The molecule has 4 aliphatic rings. The van der Waals surface area contributed by atoms with Gasteiger partial charge in [-0.25, -0.2) is 8.78 Å². The molecule has 2 nitrogen and oxygen atoms in total. The van der Waals surface area contributed by atoms with E-state index in [1.165, 1.54) is 57.8 Å². The minimum Gasteiger partial charge on any atom is -0.353 e. The molecule has 9 atom stereocenters. The van der Waals surface area contributed by atoms with Crippen molar-refractivity contribution in [2.75, 3.05) is 13.2 Å².